The highest BCUT2D eigenvalue weighted by Gasteiger charge is 2.32. The van der Waals surface area contributed by atoms with Crippen molar-refractivity contribution < 1.29 is 27.5 Å². The molecule has 1 saturated heterocycles. The molecule has 2 amide bonds. The average Bonchev–Trinajstić information content (AvgIpc) is 2.83. The van der Waals surface area contributed by atoms with Crippen LogP contribution in [-0.4, -0.2) is 72.8 Å². The average molecular weight is 444 g/mol. The zero-order valence-corrected chi connectivity index (χ0v) is 18.2. The minimum absolute atomic E-state index is 0.0292. The Morgan fingerprint density at radius 2 is 1.55 bits per heavy atom. The predicted molar refractivity (Wildman–Crippen MR) is 110 cm³/mol. The van der Waals surface area contributed by atoms with Crippen LogP contribution in [0.15, 0.2) is 24.3 Å². The van der Waals surface area contributed by atoms with Crippen molar-refractivity contribution in [3.8, 4) is 5.75 Å². The van der Waals surface area contributed by atoms with Crippen molar-refractivity contribution in [1.29, 1.82) is 0 Å². The first-order valence-corrected chi connectivity index (χ1v) is 10.3. The largest absolute Gasteiger partial charge is 0.573 e. The number of carbonyl (C=O) groups excluding carboxylic acids is 2. The van der Waals surface area contributed by atoms with Crippen molar-refractivity contribution in [3.63, 3.8) is 0 Å². The lowest BCUT2D eigenvalue weighted by molar-refractivity contribution is -0.274. The van der Waals surface area contributed by atoms with E-state index < -0.39 is 6.36 Å². The maximum absolute atomic E-state index is 12.5. The molecule has 1 aromatic rings. The quantitative estimate of drug-likeness (QED) is 0.674. The minimum atomic E-state index is -4.79. The number of nitrogens with zero attached hydrogens (tertiary/aromatic N) is 2. The summed E-state index contributed by atoms with van der Waals surface area (Å²) < 4.78 is 41.5. The summed E-state index contributed by atoms with van der Waals surface area (Å²) in [7, 11) is 0. The second kappa shape index (κ2) is 10.8. The lowest BCUT2D eigenvalue weighted by atomic mass is 10.1. The Balaban J connectivity index is 1.79. The molecule has 0 atom stereocenters. The maximum Gasteiger partial charge on any atom is 0.573 e. The number of rotatable bonds is 7. The molecule has 0 spiro atoms. The number of carbonyl (C=O) groups is 2. The van der Waals surface area contributed by atoms with E-state index in [9.17, 15) is 22.8 Å². The molecule has 31 heavy (non-hydrogen) atoms. The fraction of sp³-hybridized carbons (Fsp3) is 0.619. The molecule has 174 valence electrons. The lowest BCUT2D eigenvalue weighted by Crippen LogP contribution is -2.46. The highest BCUT2D eigenvalue weighted by molar-refractivity contribution is 5.79. The van der Waals surface area contributed by atoms with Gasteiger partial charge in [0, 0.05) is 30.7 Å². The Morgan fingerprint density at radius 3 is 2.13 bits per heavy atom. The van der Waals surface area contributed by atoms with E-state index in [0.29, 0.717) is 26.2 Å². The van der Waals surface area contributed by atoms with Crippen LogP contribution in [0.2, 0.25) is 0 Å². The summed E-state index contributed by atoms with van der Waals surface area (Å²) in [5.41, 5.74) is -0.0309. The summed E-state index contributed by atoms with van der Waals surface area (Å²) >= 11 is 0. The van der Waals surface area contributed by atoms with Gasteiger partial charge in [0.05, 0.1) is 13.1 Å². The zero-order chi connectivity index (χ0) is 23.1. The number of hydrogen-bond acceptors (Lipinski definition) is 5. The van der Waals surface area contributed by atoms with Crippen molar-refractivity contribution in [2.75, 3.05) is 39.3 Å². The van der Waals surface area contributed by atoms with Gasteiger partial charge in [0.15, 0.2) is 0 Å². The first-order valence-electron chi connectivity index (χ1n) is 10.3. The molecule has 2 rings (SSSR count). The number of amides is 2. The standard InChI is InChI=1S/C21H31F3N4O3/c1-20(2,3)26-19(30)15-28-10-6-9-27(11-12-28)14-18(29)25-13-16-7-4-5-8-17(16)31-21(22,23)24/h4-5,7-8H,6,9-15H2,1-3H3,(H,25,29)(H,26,30). The number of ether oxygens (including phenoxy) is 1. The second-order valence-corrected chi connectivity index (χ2v) is 8.64. The predicted octanol–water partition coefficient (Wildman–Crippen LogP) is 2.12. The summed E-state index contributed by atoms with van der Waals surface area (Å²) in [5.74, 6) is -0.631. The number of halogens is 3. The number of benzene rings is 1. The molecular formula is C21H31F3N4O3. The monoisotopic (exact) mass is 444 g/mol. The van der Waals surface area contributed by atoms with Gasteiger partial charge in [-0.3, -0.25) is 19.4 Å². The van der Waals surface area contributed by atoms with E-state index in [-0.39, 0.29) is 41.8 Å². The summed E-state index contributed by atoms with van der Waals surface area (Å²) in [6.45, 7) is 8.95. The fourth-order valence-corrected chi connectivity index (χ4v) is 3.33. The number of alkyl halides is 3. The van der Waals surface area contributed by atoms with Crippen molar-refractivity contribution in [3.05, 3.63) is 29.8 Å². The molecule has 0 unspecified atom stereocenters. The van der Waals surface area contributed by atoms with Gasteiger partial charge in [-0.05, 0) is 46.3 Å². The van der Waals surface area contributed by atoms with Gasteiger partial charge < -0.3 is 15.4 Å². The van der Waals surface area contributed by atoms with E-state index in [4.69, 9.17) is 0 Å². The normalized spacial score (nSPS) is 16.5. The third kappa shape index (κ3) is 10.0. The third-order valence-corrected chi connectivity index (χ3v) is 4.60. The highest BCUT2D eigenvalue weighted by atomic mass is 19.4. The molecule has 0 radical (unpaired) electrons. The minimum Gasteiger partial charge on any atom is -0.405 e. The Morgan fingerprint density at radius 1 is 0.968 bits per heavy atom. The van der Waals surface area contributed by atoms with E-state index in [0.717, 1.165) is 13.0 Å². The van der Waals surface area contributed by atoms with Gasteiger partial charge in [0.25, 0.3) is 0 Å². The maximum atomic E-state index is 12.5. The molecule has 0 bridgehead atoms. The van der Waals surface area contributed by atoms with Gasteiger partial charge in [-0.1, -0.05) is 18.2 Å². The SMILES string of the molecule is CC(C)(C)NC(=O)CN1CCCN(CC(=O)NCc2ccccc2OC(F)(F)F)CC1. The molecule has 0 aromatic heterocycles. The topological polar surface area (TPSA) is 73.9 Å². The molecule has 1 fully saturated rings. The first kappa shape index (κ1) is 24.9. The molecule has 1 aliphatic heterocycles. The molecule has 0 saturated carbocycles. The van der Waals surface area contributed by atoms with Gasteiger partial charge in [-0.15, -0.1) is 13.2 Å². The van der Waals surface area contributed by atoms with Crippen LogP contribution < -0.4 is 15.4 Å². The van der Waals surface area contributed by atoms with Crippen LogP contribution in [0.3, 0.4) is 0 Å². The second-order valence-electron chi connectivity index (χ2n) is 8.64. The Hall–Kier alpha value is -2.33. The van der Waals surface area contributed by atoms with Crippen molar-refractivity contribution in [1.82, 2.24) is 20.4 Å². The van der Waals surface area contributed by atoms with E-state index in [1.807, 2.05) is 25.7 Å². The molecule has 1 aromatic carbocycles. The van der Waals surface area contributed by atoms with Gasteiger partial charge in [-0.2, -0.15) is 0 Å². The Kier molecular flexibility index (Phi) is 8.69. The van der Waals surface area contributed by atoms with Gasteiger partial charge in [-0.25, -0.2) is 0 Å². The van der Waals surface area contributed by atoms with Gasteiger partial charge in [0.1, 0.15) is 5.75 Å². The summed E-state index contributed by atoms with van der Waals surface area (Å²) in [5, 5.41) is 5.60. The van der Waals surface area contributed by atoms with Crippen LogP contribution >= 0.6 is 0 Å². The first-order chi connectivity index (χ1) is 14.4. The molecule has 10 heteroatoms. The van der Waals surface area contributed by atoms with Crippen molar-refractivity contribution in [2.24, 2.45) is 0 Å². The van der Waals surface area contributed by atoms with Crippen LogP contribution in [0.4, 0.5) is 13.2 Å². The molecule has 1 heterocycles. The van der Waals surface area contributed by atoms with Crippen LogP contribution in [0.1, 0.15) is 32.8 Å². The van der Waals surface area contributed by atoms with E-state index >= 15 is 0 Å². The van der Waals surface area contributed by atoms with Gasteiger partial charge >= 0.3 is 6.36 Å². The molecule has 2 N–H and O–H groups in total. The number of nitrogens with one attached hydrogen (secondary N) is 2. The van der Waals surface area contributed by atoms with E-state index in [2.05, 4.69) is 20.3 Å². The van der Waals surface area contributed by atoms with Crippen LogP contribution in [0.25, 0.3) is 0 Å². The summed E-state index contributed by atoms with van der Waals surface area (Å²) in [4.78, 5) is 28.5. The fourth-order valence-electron chi connectivity index (χ4n) is 3.33. The smallest absolute Gasteiger partial charge is 0.405 e. The highest BCUT2D eigenvalue weighted by Crippen LogP contribution is 2.26. The van der Waals surface area contributed by atoms with Gasteiger partial charge in [0.2, 0.25) is 11.8 Å². The van der Waals surface area contributed by atoms with E-state index in [1.165, 1.54) is 18.2 Å². The lowest BCUT2D eigenvalue weighted by Gasteiger charge is -2.25. The number of hydrogen-bond donors (Lipinski definition) is 2. The molecule has 7 nitrogen and oxygen atoms in total. The van der Waals surface area contributed by atoms with Crippen molar-refractivity contribution >= 4 is 11.8 Å². The Bertz CT molecular complexity index is 750. The summed E-state index contributed by atoms with van der Waals surface area (Å²) in [6, 6.07) is 5.73. The zero-order valence-electron chi connectivity index (χ0n) is 18.2. The van der Waals surface area contributed by atoms with E-state index in [1.54, 1.807) is 6.07 Å². The third-order valence-electron chi connectivity index (χ3n) is 4.60. The van der Waals surface area contributed by atoms with Crippen LogP contribution in [0, 0.1) is 0 Å². The van der Waals surface area contributed by atoms with Crippen LogP contribution in [-0.2, 0) is 16.1 Å². The molecular weight excluding hydrogens is 413 g/mol. The Labute approximate surface area is 180 Å². The summed E-state index contributed by atoms with van der Waals surface area (Å²) in [6.07, 6.45) is -3.97. The molecule has 0 aliphatic carbocycles. The number of para-hydroxylation sites is 1. The van der Waals surface area contributed by atoms with Crippen LogP contribution in [0.5, 0.6) is 5.75 Å². The van der Waals surface area contributed by atoms with Crippen molar-refractivity contribution in [2.45, 2.75) is 45.6 Å². The molecule has 1 aliphatic rings.